The summed E-state index contributed by atoms with van der Waals surface area (Å²) in [6, 6.07) is 10.5. The molecule has 2 aromatic rings. The van der Waals surface area contributed by atoms with Gasteiger partial charge in [-0.25, -0.2) is 0 Å². The van der Waals surface area contributed by atoms with E-state index in [1.807, 2.05) is 55.4 Å². The number of amides is 1. The first-order chi connectivity index (χ1) is 18.3. The predicted octanol–water partition coefficient (Wildman–Crippen LogP) is 2.76. The first-order valence-electron chi connectivity index (χ1n) is 13.0. The second-order valence-corrected chi connectivity index (χ2v) is 11.5. The lowest BCUT2D eigenvalue weighted by molar-refractivity contribution is -0.139. The first kappa shape index (κ1) is 26.8. The molecule has 2 aromatic carbocycles. The van der Waals surface area contributed by atoms with Crippen LogP contribution in [0.1, 0.15) is 24.5 Å². The van der Waals surface area contributed by atoms with Gasteiger partial charge in [0.25, 0.3) is 5.91 Å². The van der Waals surface area contributed by atoms with Crippen LogP contribution in [0.2, 0.25) is 0 Å². The fourth-order valence-corrected chi connectivity index (χ4v) is 7.17. The van der Waals surface area contributed by atoms with Crippen LogP contribution < -0.4 is 10.6 Å². The van der Waals surface area contributed by atoms with Crippen LogP contribution in [0.5, 0.6) is 5.75 Å². The van der Waals surface area contributed by atoms with E-state index >= 15 is 0 Å². The summed E-state index contributed by atoms with van der Waals surface area (Å²) >= 11 is 0. The number of anilines is 1. The van der Waals surface area contributed by atoms with Gasteiger partial charge in [0.2, 0.25) is 0 Å². The minimum absolute atomic E-state index is 0.122. The summed E-state index contributed by atoms with van der Waals surface area (Å²) in [6.45, 7) is 1.31. The highest BCUT2D eigenvalue weighted by atomic mass is 16.3. The molecular weight excluding hydrogens is 498 g/mol. The zero-order valence-corrected chi connectivity index (χ0v) is 22.8. The quantitative estimate of drug-likeness (QED) is 0.403. The van der Waals surface area contributed by atoms with Gasteiger partial charge in [-0.2, -0.15) is 0 Å². The number of phenols is 1. The number of aromatic hydroxyl groups is 1. The van der Waals surface area contributed by atoms with Crippen LogP contribution in [0, 0.1) is 17.8 Å². The summed E-state index contributed by atoms with van der Waals surface area (Å²) < 4.78 is 0. The number of nitrogens with zero attached hydrogens (tertiary/aromatic N) is 2. The van der Waals surface area contributed by atoms with Crippen molar-refractivity contribution in [3.8, 4) is 16.9 Å². The van der Waals surface area contributed by atoms with Crippen molar-refractivity contribution >= 4 is 23.1 Å². The van der Waals surface area contributed by atoms with Crippen LogP contribution in [-0.4, -0.2) is 76.9 Å². The highest BCUT2D eigenvalue weighted by molar-refractivity contribution is 6.08. The average Bonchev–Trinajstić information content (AvgIpc) is 2.83. The van der Waals surface area contributed by atoms with Gasteiger partial charge in [-0.3, -0.25) is 14.5 Å². The van der Waals surface area contributed by atoms with Gasteiger partial charge >= 0.3 is 0 Å². The normalized spacial score (nSPS) is 28.2. The number of Topliss-reactive ketones (excluding diaryl/α,β-unsaturated/α-hetero) is 1. The Bertz CT molecular complexity index is 1440. The van der Waals surface area contributed by atoms with E-state index in [1.54, 1.807) is 19.0 Å². The second-order valence-electron chi connectivity index (χ2n) is 11.5. The number of hydrogen-bond donors (Lipinski definition) is 5. The van der Waals surface area contributed by atoms with Gasteiger partial charge in [-0.15, -0.1) is 0 Å². The molecule has 5 rings (SSSR count). The van der Waals surface area contributed by atoms with Crippen molar-refractivity contribution < 1.29 is 30.0 Å². The maximum absolute atomic E-state index is 14.2. The number of fused-ring (bicyclic) bond motifs is 3. The SMILES string of the molecule is CN(C)c1cc(-c2ccccc2)c(O)c2c1CC1CC3C(C(=O)C1=C2O)C(C)(O)C(C(N)=O)=C(O)[C@H]3N(C)C. The zero-order chi connectivity index (χ0) is 28.5. The summed E-state index contributed by atoms with van der Waals surface area (Å²) in [5.74, 6) is -4.41. The number of rotatable bonds is 4. The van der Waals surface area contributed by atoms with Crippen LogP contribution in [0.15, 0.2) is 53.3 Å². The van der Waals surface area contributed by atoms with E-state index in [2.05, 4.69) is 0 Å². The second kappa shape index (κ2) is 9.14. The van der Waals surface area contributed by atoms with E-state index < -0.39 is 46.7 Å². The Morgan fingerprint density at radius 3 is 2.28 bits per heavy atom. The molecule has 0 aromatic heterocycles. The third-order valence-electron chi connectivity index (χ3n) is 8.69. The van der Waals surface area contributed by atoms with Gasteiger partial charge in [-0.1, -0.05) is 30.3 Å². The molecule has 3 aliphatic carbocycles. The van der Waals surface area contributed by atoms with Gasteiger partial charge in [0.15, 0.2) is 5.78 Å². The molecule has 0 saturated heterocycles. The van der Waals surface area contributed by atoms with Crippen molar-refractivity contribution in [3.05, 3.63) is 64.4 Å². The molecule has 0 bridgehead atoms. The monoisotopic (exact) mass is 533 g/mol. The summed E-state index contributed by atoms with van der Waals surface area (Å²) in [5, 5.41) is 45.8. The molecule has 9 nitrogen and oxygen atoms in total. The summed E-state index contributed by atoms with van der Waals surface area (Å²) in [7, 11) is 7.23. The minimum Gasteiger partial charge on any atom is -0.510 e. The van der Waals surface area contributed by atoms with Crippen LogP contribution in [0.25, 0.3) is 16.9 Å². The van der Waals surface area contributed by atoms with Crippen molar-refractivity contribution in [2.75, 3.05) is 33.1 Å². The number of primary amides is 1. The Labute approximate surface area is 227 Å². The molecule has 0 aliphatic heterocycles. The van der Waals surface area contributed by atoms with Gasteiger partial charge in [0, 0.05) is 30.9 Å². The zero-order valence-electron chi connectivity index (χ0n) is 22.8. The van der Waals surface area contributed by atoms with E-state index in [0.29, 0.717) is 18.4 Å². The molecule has 39 heavy (non-hydrogen) atoms. The van der Waals surface area contributed by atoms with E-state index in [-0.39, 0.29) is 28.4 Å². The number of aliphatic hydroxyl groups excluding tert-OH is 2. The van der Waals surface area contributed by atoms with Crippen LogP contribution in [-0.2, 0) is 16.0 Å². The maximum atomic E-state index is 14.2. The van der Waals surface area contributed by atoms with Crippen molar-refractivity contribution in [3.63, 3.8) is 0 Å². The molecule has 3 aliphatic rings. The van der Waals surface area contributed by atoms with E-state index in [4.69, 9.17) is 5.73 Å². The molecule has 6 N–H and O–H groups in total. The van der Waals surface area contributed by atoms with Crippen molar-refractivity contribution in [1.29, 1.82) is 0 Å². The van der Waals surface area contributed by atoms with Crippen LogP contribution in [0.4, 0.5) is 5.69 Å². The molecule has 1 saturated carbocycles. The number of phenolic OH excluding ortho intramolecular Hbond substituents is 1. The number of hydrogen-bond acceptors (Lipinski definition) is 8. The fourth-order valence-electron chi connectivity index (χ4n) is 7.17. The number of benzene rings is 2. The molecular formula is C30H35N3O6. The van der Waals surface area contributed by atoms with E-state index in [1.165, 1.54) is 6.92 Å². The number of carbonyl (C=O) groups excluding carboxylic acids is 2. The standard InChI is InChI=1S/C30H35N3O6/c1-30(39)22-18(24(33(4)5)28(37)23(30)29(31)38)12-15-11-17-19(32(2)3)13-16(14-9-7-6-8-10-14)25(34)21(17)26(35)20(15)27(22)36/h6-10,13,15,18,22,24,34-35,37,39H,11-12H2,1-5H3,(H2,31,38)/t15?,18?,22?,24-,30?/m0/s1. The van der Waals surface area contributed by atoms with Crippen LogP contribution >= 0.6 is 0 Å². The third-order valence-corrected chi connectivity index (χ3v) is 8.69. The average molecular weight is 534 g/mol. The number of allylic oxidation sites excluding steroid dienone is 1. The first-order valence-corrected chi connectivity index (χ1v) is 13.0. The van der Waals surface area contributed by atoms with E-state index in [0.717, 1.165) is 16.8 Å². The topological polar surface area (TPSA) is 148 Å². The lowest BCUT2D eigenvalue weighted by Gasteiger charge is -2.52. The number of ketones is 1. The maximum Gasteiger partial charge on any atom is 0.251 e. The number of aliphatic hydroxyl groups is 3. The highest BCUT2D eigenvalue weighted by Crippen LogP contribution is 2.55. The van der Waals surface area contributed by atoms with Crippen molar-refractivity contribution in [1.82, 2.24) is 4.90 Å². The molecule has 4 unspecified atom stereocenters. The Morgan fingerprint density at radius 2 is 1.72 bits per heavy atom. The molecule has 1 fully saturated rings. The fraction of sp³-hybridized carbons (Fsp3) is 0.400. The predicted molar refractivity (Wildman–Crippen MR) is 148 cm³/mol. The molecule has 5 atom stereocenters. The number of carbonyl (C=O) groups is 2. The Balaban J connectivity index is 1.74. The van der Waals surface area contributed by atoms with Gasteiger partial charge in [0.1, 0.15) is 22.9 Å². The van der Waals surface area contributed by atoms with Gasteiger partial charge < -0.3 is 31.1 Å². The molecule has 9 heteroatoms. The van der Waals surface area contributed by atoms with Gasteiger partial charge in [-0.05, 0) is 62.9 Å². The molecule has 0 spiro atoms. The largest absolute Gasteiger partial charge is 0.510 e. The van der Waals surface area contributed by atoms with E-state index in [9.17, 15) is 30.0 Å². The van der Waals surface area contributed by atoms with Crippen molar-refractivity contribution in [2.24, 2.45) is 23.5 Å². The summed E-state index contributed by atoms with van der Waals surface area (Å²) in [6.07, 6.45) is 0.730. The lowest BCUT2D eigenvalue weighted by atomic mass is 9.55. The lowest BCUT2D eigenvalue weighted by Crippen LogP contribution is -2.61. The Hall–Kier alpha value is -3.82. The molecule has 1 amide bonds. The molecule has 0 heterocycles. The minimum atomic E-state index is -2.05. The molecule has 206 valence electrons. The van der Waals surface area contributed by atoms with Gasteiger partial charge in [0.05, 0.1) is 23.1 Å². The summed E-state index contributed by atoms with van der Waals surface area (Å²) in [4.78, 5) is 30.2. The molecule has 0 radical (unpaired) electrons. The third kappa shape index (κ3) is 3.83. The Kier molecular flexibility index (Phi) is 6.27. The highest BCUT2D eigenvalue weighted by Gasteiger charge is 2.60. The Morgan fingerprint density at radius 1 is 1.08 bits per heavy atom. The van der Waals surface area contributed by atoms with Crippen molar-refractivity contribution in [2.45, 2.75) is 31.4 Å². The number of likely N-dealkylation sites (N-methyl/N-ethyl adjacent to an activating group) is 1. The summed E-state index contributed by atoms with van der Waals surface area (Å²) in [5.41, 5.74) is 6.25. The number of nitrogens with two attached hydrogens (primary N) is 1. The smallest absolute Gasteiger partial charge is 0.251 e. The van der Waals surface area contributed by atoms with Crippen LogP contribution in [0.3, 0.4) is 0 Å².